The Labute approximate surface area is 173 Å². The molecule has 1 amide bonds. The monoisotopic (exact) mass is 404 g/mol. The average Bonchev–Trinajstić information content (AvgIpc) is 3.21. The number of hydrogen-bond donors (Lipinski definition) is 1. The van der Waals surface area contributed by atoms with Crippen LogP contribution in [-0.2, 0) is 22.5 Å². The van der Waals surface area contributed by atoms with E-state index < -0.39 is 0 Å². The SMILES string of the molecule is COc1ccc(CCN(Cc2ccccc2)C(=O)[C@@H]2CC[C@H](CN)O2)cc1.Cl. The van der Waals surface area contributed by atoms with Gasteiger partial charge in [-0.05, 0) is 42.5 Å². The Morgan fingerprint density at radius 1 is 1.11 bits per heavy atom. The quantitative estimate of drug-likeness (QED) is 0.733. The second-order valence-electron chi connectivity index (χ2n) is 6.90. The van der Waals surface area contributed by atoms with E-state index in [-0.39, 0.29) is 30.5 Å². The third-order valence-electron chi connectivity index (χ3n) is 5.00. The minimum Gasteiger partial charge on any atom is -0.497 e. The summed E-state index contributed by atoms with van der Waals surface area (Å²) in [4.78, 5) is 15.0. The Kier molecular flexibility index (Phi) is 8.77. The van der Waals surface area contributed by atoms with Crippen molar-refractivity contribution >= 4 is 18.3 Å². The van der Waals surface area contributed by atoms with Crippen molar-refractivity contribution in [3.63, 3.8) is 0 Å². The average molecular weight is 405 g/mol. The van der Waals surface area contributed by atoms with E-state index in [9.17, 15) is 4.79 Å². The van der Waals surface area contributed by atoms with Crippen LogP contribution >= 0.6 is 12.4 Å². The number of nitrogens with two attached hydrogens (primary N) is 1. The zero-order valence-electron chi connectivity index (χ0n) is 16.3. The van der Waals surface area contributed by atoms with E-state index in [0.717, 1.165) is 30.6 Å². The summed E-state index contributed by atoms with van der Waals surface area (Å²) in [5.41, 5.74) is 7.99. The van der Waals surface area contributed by atoms with Crippen molar-refractivity contribution in [3.8, 4) is 5.75 Å². The lowest BCUT2D eigenvalue weighted by molar-refractivity contribution is -0.143. The van der Waals surface area contributed by atoms with Crippen LogP contribution in [0.2, 0.25) is 0 Å². The minimum atomic E-state index is -0.377. The van der Waals surface area contributed by atoms with Crippen molar-refractivity contribution in [2.75, 3.05) is 20.2 Å². The minimum absolute atomic E-state index is 0. The maximum absolute atomic E-state index is 13.1. The lowest BCUT2D eigenvalue weighted by atomic mass is 10.1. The number of carbonyl (C=O) groups is 1. The van der Waals surface area contributed by atoms with Crippen LogP contribution in [0.4, 0.5) is 0 Å². The lowest BCUT2D eigenvalue weighted by Crippen LogP contribution is -2.40. The number of rotatable bonds is 8. The third-order valence-corrected chi connectivity index (χ3v) is 5.00. The fraction of sp³-hybridized carbons (Fsp3) is 0.409. The summed E-state index contributed by atoms with van der Waals surface area (Å²) < 4.78 is 11.0. The van der Waals surface area contributed by atoms with Crippen LogP contribution in [0.15, 0.2) is 54.6 Å². The Morgan fingerprint density at radius 3 is 2.43 bits per heavy atom. The Bertz CT molecular complexity index is 724. The smallest absolute Gasteiger partial charge is 0.252 e. The summed E-state index contributed by atoms with van der Waals surface area (Å²) in [6.45, 7) is 1.70. The molecule has 0 aromatic heterocycles. The number of nitrogens with zero attached hydrogens (tertiary/aromatic N) is 1. The van der Waals surface area contributed by atoms with Gasteiger partial charge in [-0.25, -0.2) is 0 Å². The first-order chi connectivity index (χ1) is 13.2. The summed E-state index contributed by atoms with van der Waals surface area (Å²) >= 11 is 0. The van der Waals surface area contributed by atoms with Crippen molar-refractivity contribution in [3.05, 3.63) is 65.7 Å². The van der Waals surface area contributed by atoms with Crippen LogP contribution in [0.3, 0.4) is 0 Å². The third kappa shape index (κ3) is 5.96. The molecular weight excluding hydrogens is 376 g/mol. The van der Waals surface area contributed by atoms with E-state index in [1.54, 1.807) is 7.11 Å². The van der Waals surface area contributed by atoms with Crippen molar-refractivity contribution in [2.24, 2.45) is 5.73 Å². The molecule has 0 spiro atoms. The molecular formula is C22H29ClN2O3. The van der Waals surface area contributed by atoms with Crippen LogP contribution < -0.4 is 10.5 Å². The van der Waals surface area contributed by atoms with Crippen molar-refractivity contribution in [1.29, 1.82) is 0 Å². The topological polar surface area (TPSA) is 64.8 Å². The number of carbonyl (C=O) groups excluding carboxylic acids is 1. The van der Waals surface area contributed by atoms with Gasteiger partial charge in [0, 0.05) is 19.6 Å². The fourth-order valence-electron chi connectivity index (χ4n) is 3.39. The lowest BCUT2D eigenvalue weighted by Gasteiger charge is -2.26. The number of benzene rings is 2. The Hall–Kier alpha value is -2.08. The number of ether oxygens (including phenoxy) is 2. The molecule has 28 heavy (non-hydrogen) atoms. The first-order valence-corrected chi connectivity index (χ1v) is 9.50. The summed E-state index contributed by atoms with van der Waals surface area (Å²) in [5, 5.41) is 0. The van der Waals surface area contributed by atoms with Gasteiger partial charge in [0.25, 0.3) is 5.91 Å². The second kappa shape index (κ2) is 11.1. The molecule has 1 aliphatic heterocycles. The normalized spacial score (nSPS) is 18.4. The highest BCUT2D eigenvalue weighted by Gasteiger charge is 2.32. The molecule has 1 heterocycles. The molecule has 2 aromatic rings. The van der Waals surface area contributed by atoms with E-state index >= 15 is 0 Å². The van der Waals surface area contributed by atoms with Crippen LogP contribution in [-0.4, -0.2) is 43.2 Å². The fourth-order valence-corrected chi connectivity index (χ4v) is 3.39. The highest BCUT2D eigenvalue weighted by Crippen LogP contribution is 2.22. The largest absolute Gasteiger partial charge is 0.497 e. The van der Waals surface area contributed by atoms with E-state index in [0.29, 0.717) is 19.6 Å². The van der Waals surface area contributed by atoms with Crippen molar-refractivity contribution in [1.82, 2.24) is 4.90 Å². The molecule has 0 radical (unpaired) electrons. The van der Waals surface area contributed by atoms with Gasteiger partial charge in [-0.15, -0.1) is 12.4 Å². The predicted molar refractivity (Wildman–Crippen MR) is 113 cm³/mol. The van der Waals surface area contributed by atoms with E-state index in [2.05, 4.69) is 0 Å². The van der Waals surface area contributed by atoms with Crippen molar-refractivity contribution < 1.29 is 14.3 Å². The van der Waals surface area contributed by atoms with Gasteiger partial charge in [-0.3, -0.25) is 4.79 Å². The molecule has 2 aromatic carbocycles. The number of methoxy groups -OCH3 is 1. The highest BCUT2D eigenvalue weighted by molar-refractivity contribution is 5.85. The maximum atomic E-state index is 13.1. The summed E-state index contributed by atoms with van der Waals surface area (Å²) in [6, 6.07) is 18.1. The van der Waals surface area contributed by atoms with Crippen LogP contribution in [0.25, 0.3) is 0 Å². The maximum Gasteiger partial charge on any atom is 0.252 e. The Morgan fingerprint density at radius 2 is 1.82 bits per heavy atom. The van der Waals surface area contributed by atoms with Gasteiger partial charge in [0.1, 0.15) is 11.9 Å². The first-order valence-electron chi connectivity index (χ1n) is 9.50. The molecule has 0 saturated carbocycles. The van der Waals surface area contributed by atoms with Gasteiger partial charge < -0.3 is 20.1 Å². The first kappa shape index (κ1) is 22.2. The summed E-state index contributed by atoms with van der Waals surface area (Å²) in [6.07, 6.45) is 2.01. The van der Waals surface area contributed by atoms with E-state index in [4.69, 9.17) is 15.2 Å². The molecule has 1 aliphatic rings. The van der Waals surface area contributed by atoms with Crippen LogP contribution in [0.5, 0.6) is 5.75 Å². The molecule has 2 atom stereocenters. The summed E-state index contributed by atoms with van der Waals surface area (Å²) in [7, 11) is 1.66. The van der Waals surface area contributed by atoms with E-state index in [1.165, 1.54) is 5.56 Å². The van der Waals surface area contributed by atoms with Gasteiger partial charge in [0.05, 0.1) is 13.2 Å². The molecule has 2 N–H and O–H groups in total. The molecule has 1 fully saturated rings. The molecule has 0 unspecified atom stereocenters. The highest BCUT2D eigenvalue weighted by atomic mass is 35.5. The molecule has 5 nitrogen and oxygen atoms in total. The molecule has 1 saturated heterocycles. The Balaban J connectivity index is 0.00000280. The number of hydrogen-bond acceptors (Lipinski definition) is 4. The molecule has 0 aliphatic carbocycles. The standard InChI is InChI=1S/C22H28N2O3.ClH/c1-26-19-9-7-17(8-10-19)13-14-24(16-18-5-3-2-4-6-18)22(25)21-12-11-20(15-23)27-21;/h2-10,20-21H,11-16,23H2,1H3;1H/t20-,21+;/m1./s1. The second-order valence-corrected chi connectivity index (χ2v) is 6.90. The van der Waals surface area contributed by atoms with Crippen LogP contribution in [0, 0.1) is 0 Å². The zero-order valence-corrected chi connectivity index (χ0v) is 17.1. The van der Waals surface area contributed by atoms with Crippen molar-refractivity contribution in [2.45, 2.75) is 38.0 Å². The molecule has 0 bridgehead atoms. The van der Waals surface area contributed by atoms with Gasteiger partial charge in [0.15, 0.2) is 0 Å². The zero-order chi connectivity index (χ0) is 19.1. The van der Waals surface area contributed by atoms with Gasteiger partial charge in [0.2, 0.25) is 0 Å². The summed E-state index contributed by atoms with van der Waals surface area (Å²) in [5.74, 6) is 0.895. The van der Waals surface area contributed by atoms with Crippen LogP contribution in [0.1, 0.15) is 24.0 Å². The molecule has 3 rings (SSSR count). The van der Waals surface area contributed by atoms with Gasteiger partial charge in [-0.2, -0.15) is 0 Å². The molecule has 152 valence electrons. The number of amides is 1. The van der Waals surface area contributed by atoms with Gasteiger partial charge >= 0.3 is 0 Å². The van der Waals surface area contributed by atoms with E-state index in [1.807, 2.05) is 59.5 Å². The van der Waals surface area contributed by atoms with Gasteiger partial charge in [-0.1, -0.05) is 42.5 Å². The molecule has 6 heteroatoms. The predicted octanol–water partition coefficient (Wildman–Crippen LogP) is 3.19. The number of halogens is 1.